The Balaban J connectivity index is 0.855. The van der Waals surface area contributed by atoms with Crippen LogP contribution in [0.2, 0.25) is 0 Å². The molecule has 4 N–H and O–H groups in total. The van der Waals surface area contributed by atoms with E-state index in [9.17, 15) is 24.0 Å². The zero-order valence-corrected chi connectivity index (χ0v) is 30.6. The second-order valence-electron chi connectivity index (χ2n) is 14.2. The number of nitrogen functional groups attached to an aromatic ring is 1. The molecule has 2 fully saturated rings. The fraction of sp³-hybridized carbons (Fsp3) is 0.317. The number of nitrogens with zero attached hydrogens (tertiary/aromatic N) is 6. The van der Waals surface area contributed by atoms with E-state index < -0.39 is 29.7 Å². The van der Waals surface area contributed by atoms with Gasteiger partial charge in [-0.15, -0.1) is 0 Å². The number of unbranched alkanes of at least 4 members (excludes halogenated alkanes) is 2. The Morgan fingerprint density at radius 1 is 0.893 bits per heavy atom. The third-order valence-electron chi connectivity index (χ3n) is 10.6. The Labute approximate surface area is 322 Å². The molecular formula is C41H41N9O6. The number of ether oxygens (including phenoxy) is 1. The number of likely N-dealkylation sites (tertiary alicyclic amines) is 1. The molecule has 56 heavy (non-hydrogen) atoms. The number of nitrogens with one attached hydrogen (secondary N) is 2. The fourth-order valence-electron chi connectivity index (χ4n) is 7.76. The van der Waals surface area contributed by atoms with Crippen LogP contribution >= 0.6 is 0 Å². The van der Waals surface area contributed by atoms with Crippen LogP contribution in [0.3, 0.4) is 0 Å². The van der Waals surface area contributed by atoms with Crippen LogP contribution in [-0.4, -0.2) is 84.8 Å². The first kappa shape index (κ1) is 36.3. The molecule has 3 aliphatic heterocycles. The largest absolute Gasteiger partial charge is 0.457 e. The van der Waals surface area contributed by atoms with Crippen molar-refractivity contribution in [2.45, 2.75) is 63.5 Å². The molecule has 0 aliphatic carbocycles. The number of imide groups is 2. The maximum atomic E-state index is 13.4. The van der Waals surface area contributed by atoms with E-state index in [0.29, 0.717) is 66.5 Å². The molecule has 5 aromatic rings. The van der Waals surface area contributed by atoms with Gasteiger partial charge in [-0.25, -0.2) is 14.6 Å². The van der Waals surface area contributed by atoms with Gasteiger partial charge in [-0.2, -0.15) is 5.10 Å². The van der Waals surface area contributed by atoms with Crippen LogP contribution in [0.5, 0.6) is 11.5 Å². The van der Waals surface area contributed by atoms with Gasteiger partial charge in [-0.3, -0.25) is 34.2 Å². The van der Waals surface area contributed by atoms with Gasteiger partial charge in [0, 0.05) is 43.7 Å². The SMILES string of the molecule is Nc1ncnc2c1c(-c1ccc(Oc3ccccc3)cc1)nn2C1CCCN(C(=O)CCCCCNc2cccc3c2C(=O)N(C2CCC(=O)NC2=O)C3=O)C1. The molecule has 2 aromatic heterocycles. The van der Waals surface area contributed by atoms with Crippen LogP contribution in [0.1, 0.15) is 78.1 Å². The van der Waals surface area contributed by atoms with Crippen LogP contribution in [0.15, 0.2) is 79.1 Å². The number of amides is 5. The summed E-state index contributed by atoms with van der Waals surface area (Å²) in [5.74, 6) is -0.291. The summed E-state index contributed by atoms with van der Waals surface area (Å²) in [5.41, 5.74) is 9.52. The van der Waals surface area contributed by atoms with Gasteiger partial charge < -0.3 is 20.7 Å². The lowest BCUT2D eigenvalue weighted by Crippen LogP contribution is -2.54. The van der Waals surface area contributed by atoms with Crippen LogP contribution in [0.25, 0.3) is 22.3 Å². The quantitative estimate of drug-likeness (QED) is 0.113. The molecule has 5 heterocycles. The van der Waals surface area contributed by atoms with E-state index in [1.807, 2.05) is 64.2 Å². The number of fused-ring (bicyclic) bond motifs is 2. The molecule has 286 valence electrons. The van der Waals surface area contributed by atoms with Crippen LogP contribution in [0, 0.1) is 0 Å². The molecule has 2 saturated heterocycles. The van der Waals surface area contributed by atoms with Crippen molar-refractivity contribution in [2.75, 3.05) is 30.7 Å². The van der Waals surface area contributed by atoms with Gasteiger partial charge in [-0.05, 0) is 80.6 Å². The number of benzene rings is 3. The number of rotatable bonds is 12. The van der Waals surface area contributed by atoms with Crippen molar-refractivity contribution in [3.05, 3.63) is 90.3 Å². The molecule has 15 heteroatoms. The third-order valence-corrected chi connectivity index (χ3v) is 10.6. The maximum Gasteiger partial charge on any atom is 0.264 e. The highest BCUT2D eigenvalue weighted by molar-refractivity contribution is 6.25. The molecule has 2 atom stereocenters. The van der Waals surface area contributed by atoms with E-state index in [-0.39, 0.29) is 35.9 Å². The maximum absolute atomic E-state index is 13.4. The second-order valence-corrected chi connectivity index (χ2v) is 14.2. The van der Waals surface area contributed by atoms with E-state index in [2.05, 4.69) is 20.6 Å². The molecule has 2 unspecified atom stereocenters. The van der Waals surface area contributed by atoms with Gasteiger partial charge in [0.05, 0.1) is 22.6 Å². The van der Waals surface area contributed by atoms with E-state index in [4.69, 9.17) is 15.6 Å². The second kappa shape index (κ2) is 15.6. The average molecular weight is 756 g/mol. The van der Waals surface area contributed by atoms with E-state index in [1.54, 1.807) is 18.2 Å². The van der Waals surface area contributed by atoms with Crippen LogP contribution < -0.4 is 21.1 Å². The Morgan fingerprint density at radius 3 is 2.50 bits per heavy atom. The number of piperidine rings is 2. The summed E-state index contributed by atoms with van der Waals surface area (Å²) in [4.78, 5) is 75.7. The first-order chi connectivity index (χ1) is 27.3. The summed E-state index contributed by atoms with van der Waals surface area (Å²) in [6.45, 7) is 1.70. The van der Waals surface area contributed by atoms with Crippen molar-refractivity contribution in [2.24, 2.45) is 0 Å². The summed E-state index contributed by atoms with van der Waals surface area (Å²) >= 11 is 0. The van der Waals surface area contributed by atoms with Crippen molar-refractivity contribution in [1.82, 2.24) is 34.9 Å². The predicted octanol–water partition coefficient (Wildman–Crippen LogP) is 5.11. The molecule has 3 aliphatic rings. The Bertz CT molecular complexity index is 2330. The first-order valence-electron chi connectivity index (χ1n) is 18.9. The Kier molecular flexibility index (Phi) is 10.1. The highest BCUT2D eigenvalue weighted by atomic mass is 16.5. The predicted molar refractivity (Wildman–Crippen MR) is 207 cm³/mol. The van der Waals surface area contributed by atoms with Gasteiger partial charge in [-0.1, -0.05) is 30.7 Å². The number of carbonyl (C=O) groups is 5. The summed E-state index contributed by atoms with van der Waals surface area (Å²) < 4.78 is 7.87. The molecular weight excluding hydrogens is 715 g/mol. The van der Waals surface area contributed by atoms with E-state index in [0.717, 1.165) is 41.9 Å². The summed E-state index contributed by atoms with van der Waals surface area (Å²) in [6.07, 6.45) is 5.87. The van der Waals surface area contributed by atoms with E-state index in [1.165, 1.54) is 6.33 Å². The summed E-state index contributed by atoms with van der Waals surface area (Å²) in [6, 6.07) is 21.1. The zero-order valence-electron chi connectivity index (χ0n) is 30.6. The van der Waals surface area contributed by atoms with Crippen molar-refractivity contribution >= 4 is 52.1 Å². The van der Waals surface area contributed by atoms with E-state index >= 15 is 0 Å². The van der Waals surface area contributed by atoms with Crippen molar-refractivity contribution < 1.29 is 28.7 Å². The molecule has 5 amide bonds. The fourth-order valence-corrected chi connectivity index (χ4v) is 7.76. The van der Waals surface area contributed by atoms with Gasteiger partial charge in [0.1, 0.15) is 35.4 Å². The number of para-hydroxylation sites is 1. The topological polar surface area (TPSA) is 195 Å². The molecule has 0 bridgehead atoms. The lowest BCUT2D eigenvalue weighted by molar-refractivity contribution is -0.136. The summed E-state index contributed by atoms with van der Waals surface area (Å²) in [7, 11) is 0. The van der Waals surface area contributed by atoms with Gasteiger partial charge >= 0.3 is 0 Å². The summed E-state index contributed by atoms with van der Waals surface area (Å²) in [5, 5.41) is 11.2. The lowest BCUT2D eigenvalue weighted by atomic mass is 10.0. The smallest absolute Gasteiger partial charge is 0.264 e. The molecule has 0 spiro atoms. The number of hydrogen-bond acceptors (Lipinski definition) is 11. The van der Waals surface area contributed by atoms with Gasteiger partial charge in [0.2, 0.25) is 17.7 Å². The normalized spacial score (nSPS) is 18.3. The molecule has 0 saturated carbocycles. The lowest BCUT2D eigenvalue weighted by Gasteiger charge is -2.33. The number of nitrogens with two attached hydrogens (primary N) is 1. The minimum absolute atomic E-state index is 0.0612. The minimum atomic E-state index is -1.02. The third kappa shape index (κ3) is 7.14. The molecule has 0 radical (unpaired) electrons. The van der Waals surface area contributed by atoms with Gasteiger partial charge in [0.15, 0.2) is 5.65 Å². The van der Waals surface area contributed by atoms with Crippen molar-refractivity contribution in [3.63, 3.8) is 0 Å². The Morgan fingerprint density at radius 2 is 1.70 bits per heavy atom. The van der Waals surface area contributed by atoms with Crippen LogP contribution in [-0.2, 0) is 14.4 Å². The molecule has 8 rings (SSSR count). The number of anilines is 2. The van der Waals surface area contributed by atoms with Crippen molar-refractivity contribution in [3.8, 4) is 22.8 Å². The average Bonchev–Trinajstić information content (AvgIpc) is 3.73. The first-order valence-corrected chi connectivity index (χ1v) is 18.9. The Hall–Kier alpha value is -6.64. The number of aromatic nitrogens is 4. The minimum Gasteiger partial charge on any atom is -0.457 e. The monoisotopic (exact) mass is 755 g/mol. The highest BCUT2D eigenvalue weighted by Gasteiger charge is 2.45. The molecule has 15 nitrogen and oxygen atoms in total. The standard InChI is InChI=1S/C41H41N9O6/c42-37-35-36(25-15-17-28(18-16-25)56-27-10-3-1-4-11-27)47-50(38(35)45-24-44-37)26-9-8-22-48(23-26)33(52)14-5-2-6-21-43-30-13-7-12-29-34(30)41(55)49(40(29)54)31-19-20-32(51)46-39(31)53/h1,3-4,7,10-13,15-18,24,26,31,43H,2,5-6,8-9,14,19-23H2,(H2,42,44,45)(H,46,51,53). The zero-order chi connectivity index (χ0) is 38.8. The number of hydrogen-bond donors (Lipinski definition) is 3. The van der Waals surface area contributed by atoms with Crippen LogP contribution in [0.4, 0.5) is 11.5 Å². The van der Waals surface area contributed by atoms with Crippen molar-refractivity contribution in [1.29, 1.82) is 0 Å². The number of carbonyl (C=O) groups excluding carboxylic acids is 5. The van der Waals surface area contributed by atoms with Gasteiger partial charge in [0.25, 0.3) is 11.8 Å². The molecule has 3 aromatic carbocycles. The highest BCUT2D eigenvalue weighted by Crippen LogP contribution is 2.36.